The first-order chi connectivity index (χ1) is 16.2. The number of anilines is 3. The monoisotopic (exact) mass is 502 g/mol. The molecule has 0 aliphatic rings. The van der Waals surface area contributed by atoms with Gasteiger partial charge in [-0.25, -0.2) is 32.2 Å². The Morgan fingerprint density at radius 3 is 2.38 bits per heavy atom. The molecule has 0 radical (unpaired) electrons. The highest BCUT2D eigenvalue weighted by Crippen LogP contribution is 2.39. The van der Waals surface area contributed by atoms with Crippen LogP contribution in [0.5, 0.6) is 0 Å². The van der Waals surface area contributed by atoms with Crippen LogP contribution in [0.25, 0.3) is 11.1 Å². The van der Waals surface area contributed by atoms with Gasteiger partial charge < -0.3 is 5.32 Å². The quantitative estimate of drug-likeness (QED) is 0.356. The molecule has 2 N–H and O–H groups in total. The van der Waals surface area contributed by atoms with E-state index in [-0.39, 0.29) is 10.8 Å². The van der Waals surface area contributed by atoms with Gasteiger partial charge in [0.2, 0.25) is 0 Å². The van der Waals surface area contributed by atoms with Gasteiger partial charge in [0.05, 0.1) is 5.69 Å². The van der Waals surface area contributed by atoms with Gasteiger partial charge in [-0.2, -0.15) is 0 Å². The molecule has 0 atom stereocenters. The van der Waals surface area contributed by atoms with Crippen LogP contribution in [0.15, 0.2) is 59.9 Å². The maximum absolute atomic E-state index is 14.2. The molecule has 1 aromatic carbocycles. The van der Waals surface area contributed by atoms with E-state index < -0.39 is 26.6 Å². The fourth-order valence-electron chi connectivity index (χ4n) is 3.28. The number of benzene rings is 1. The molecule has 0 saturated carbocycles. The van der Waals surface area contributed by atoms with E-state index in [0.29, 0.717) is 40.2 Å². The Bertz CT molecular complexity index is 1490. The van der Waals surface area contributed by atoms with Crippen molar-refractivity contribution in [3.8, 4) is 11.1 Å². The molecule has 34 heavy (non-hydrogen) atoms. The molecule has 8 nitrogen and oxygen atoms in total. The SMILES string of the molecule is Cc1nccc(Nc2nc(Cl)c(NS(=O)(=O)c3ccc(F)cc3F)c(C)c2-c2ccncc2)n1. The van der Waals surface area contributed by atoms with Gasteiger partial charge in [0.1, 0.15) is 34.0 Å². The smallest absolute Gasteiger partial charge is 0.264 e. The summed E-state index contributed by atoms with van der Waals surface area (Å²) in [5, 5.41) is 2.90. The van der Waals surface area contributed by atoms with Gasteiger partial charge in [0.15, 0.2) is 5.15 Å². The summed E-state index contributed by atoms with van der Waals surface area (Å²) in [5.41, 5.74) is 1.53. The van der Waals surface area contributed by atoms with E-state index in [1.54, 1.807) is 50.6 Å². The highest BCUT2D eigenvalue weighted by molar-refractivity contribution is 7.92. The molecule has 4 aromatic rings. The van der Waals surface area contributed by atoms with E-state index in [4.69, 9.17) is 11.6 Å². The Morgan fingerprint density at radius 1 is 0.971 bits per heavy atom. The van der Waals surface area contributed by atoms with Crippen molar-refractivity contribution >= 4 is 38.9 Å². The van der Waals surface area contributed by atoms with Gasteiger partial charge in [-0.15, -0.1) is 0 Å². The highest BCUT2D eigenvalue weighted by atomic mass is 35.5. The number of nitrogens with one attached hydrogen (secondary N) is 2. The number of nitrogens with zero attached hydrogens (tertiary/aromatic N) is 4. The predicted molar refractivity (Wildman–Crippen MR) is 124 cm³/mol. The molecule has 174 valence electrons. The van der Waals surface area contributed by atoms with Crippen LogP contribution >= 0.6 is 11.6 Å². The molecule has 3 heterocycles. The van der Waals surface area contributed by atoms with Crippen LogP contribution in [0.4, 0.5) is 26.1 Å². The first-order valence-corrected chi connectivity index (χ1v) is 11.7. The minimum absolute atomic E-state index is 0.0541. The van der Waals surface area contributed by atoms with Crippen LogP contribution < -0.4 is 10.0 Å². The second-order valence-electron chi connectivity index (χ2n) is 7.16. The molecular formula is C22H17ClF2N6O2S. The van der Waals surface area contributed by atoms with Gasteiger partial charge in [-0.05, 0) is 55.3 Å². The maximum atomic E-state index is 14.2. The number of pyridine rings is 2. The van der Waals surface area contributed by atoms with E-state index >= 15 is 0 Å². The number of hydrogen-bond acceptors (Lipinski definition) is 7. The zero-order valence-electron chi connectivity index (χ0n) is 17.8. The lowest BCUT2D eigenvalue weighted by atomic mass is 10.0. The standard InChI is InChI=1S/C22H17ClF2N6O2S/c1-12-19(14-5-8-26-9-6-14)22(29-18-7-10-27-13(2)28-18)30-21(23)20(12)31-34(32,33)17-4-3-15(24)11-16(17)25/h3-11,31H,1-2H3,(H,27,28,29,30). The number of rotatable bonds is 6. The van der Waals surface area contributed by atoms with Gasteiger partial charge in [0, 0.05) is 30.2 Å². The highest BCUT2D eigenvalue weighted by Gasteiger charge is 2.25. The van der Waals surface area contributed by atoms with Gasteiger partial charge in [-0.1, -0.05) is 11.6 Å². The van der Waals surface area contributed by atoms with Crippen molar-refractivity contribution in [3.63, 3.8) is 0 Å². The normalized spacial score (nSPS) is 11.3. The maximum Gasteiger partial charge on any atom is 0.264 e. The molecule has 0 fully saturated rings. The zero-order valence-corrected chi connectivity index (χ0v) is 19.4. The Balaban J connectivity index is 1.85. The number of aromatic nitrogens is 4. The Hall–Kier alpha value is -3.70. The van der Waals surface area contributed by atoms with Gasteiger partial charge in [-0.3, -0.25) is 9.71 Å². The van der Waals surface area contributed by atoms with Crippen molar-refractivity contribution in [1.29, 1.82) is 0 Å². The molecule has 0 spiro atoms. The fourth-order valence-corrected chi connectivity index (χ4v) is 4.80. The van der Waals surface area contributed by atoms with Crippen molar-refractivity contribution in [3.05, 3.63) is 83.2 Å². The van der Waals surface area contributed by atoms with Crippen molar-refractivity contribution in [2.24, 2.45) is 0 Å². The van der Waals surface area contributed by atoms with Gasteiger partial charge in [0.25, 0.3) is 10.0 Å². The molecule has 12 heteroatoms. The second-order valence-corrected chi connectivity index (χ2v) is 9.17. The van der Waals surface area contributed by atoms with Crippen LogP contribution in [0.1, 0.15) is 11.4 Å². The summed E-state index contributed by atoms with van der Waals surface area (Å²) < 4.78 is 55.6. The summed E-state index contributed by atoms with van der Waals surface area (Å²) in [6, 6.07) is 7.24. The summed E-state index contributed by atoms with van der Waals surface area (Å²) in [6.07, 6.45) is 4.71. The Labute approximate surface area is 199 Å². The van der Waals surface area contributed by atoms with E-state index in [1.165, 1.54) is 0 Å². The van der Waals surface area contributed by atoms with Gasteiger partial charge >= 0.3 is 0 Å². The number of hydrogen-bond donors (Lipinski definition) is 2. The summed E-state index contributed by atoms with van der Waals surface area (Å²) in [7, 11) is -4.45. The third-order valence-electron chi connectivity index (χ3n) is 4.81. The van der Waals surface area contributed by atoms with E-state index in [0.717, 1.165) is 12.1 Å². The minimum atomic E-state index is -4.45. The topological polar surface area (TPSA) is 110 Å². The molecule has 4 rings (SSSR count). The summed E-state index contributed by atoms with van der Waals surface area (Å²) in [4.78, 5) is 16.0. The fraction of sp³-hybridized carbons (Fsp3) is 0.0909. The van der Waals surface area contributed by atoms with Crippen molar-refractivity contribution in [2.75, 3.05) is 10.0 Å². The molecule has 0 unspecified atom stereocenters. The molecule has 3 aromatic heterocycles. The van der Waals surface area contributed by atoms with E-state index in [2.05, 4.69) is 30.0 Å². The lowest BCUT2D eigenvalue weighted by Gasteiger charge is -2.19. The van der Waals surface area contributed by atoms with Crippen molar-refractivity contribution in [1.82, 2.24) is 19.9 Å². The summed E-state index contributed by atoms with van der Waals surface area (Å²) in [6.45, 7) is 3.37. The molecular weight excluding hydrogens is 486 g/mol. The van der Waals surface area contributed by atoms with Crippen molar-refractivity contribution < 1.29 is 17.2 Å². The zero-order chi connectivity index (χ0) is 24.5. The molecule has 0 amide bonds. The molecule has 0 saturated heterocycles. The van der Waals surface area contributed by atoms with Crippen molar-refractivity contribution in [2.45, 2.75) is 18.7 Å². The third kappa shape index (κ3) is 4.80. The molecule has 0 aliphatic heterocycles. The van der Waals surface area contributed by atoms with E-state index in [1.807, 2.05) is 0 Å². The van der Waals surface area contributed by atoms with Crippen LogP contribution in [0.2, 0.25) is 5.15 Å². The largest absolute Gasteiger partial charge is 0.324 e. The first-order valence-electron chi connectivity index (χ1n) is 9.81. The summed E-state index contributed by atoms with van der Waals surface area (Å²) >= 11 is 6.37. The Morgan fingerprint density at radius 2 is 1.71 bits per heavy atom. The second kappa shape index (κ2) is 9.27. The molecule has 0 bridgehead atoms. The number of aryl methyl sites for hydroxylation is 1. The third-order valence-corrected chi connectivity index (χ3v) is 6.47. The Kier molecular flexibility index (Phi) is 6.40. The average molecular weight is 503 g/mol. The van der Waals surface area contributed by atoms with Crippen LogP contribution in [-0.2, 0) is 10.0 Å². The lowest BCUT2D eigenvalue weighted by molar-refractivity contribution is 0.551. The average Bonchev–Trinajstić information content (AvgIpc) is 2.77. The van der Waals surface area contributed by atoms with E-state index in [9.17, 15) is 17.2 Å². The first kappa shape index (κ1) is 23.5. The predicted octanol–water partition coefficient (Wildman–Crippen LogP) is 5.03. The lowest BCUT2D eigenvalue weighted by Crippen LogP contribution is -2.17. The van der Waals surface area contributed by atoms with Crippen LogP contribution in [0.3, 0.4) is 0 Å². The van der Waals surface area contributed by atoms with Crippen LogP contribution in [-0.4, -0.2) is 28.4 Å². The summed E-state index contributed by atoms with van der Waals surface area (Å²) in [5.74, 6) is -0.845. The molecule has 0 aliphatic carbocycles. The van der Waals surface area contributed by atoms with Crippen LogP contribution in [0, 0.1) is 25.5 Å². The number of sulfonamides is 1. The minimum Gasteiger partial charge on any atom is -0.324 e. The number of halogens is 3.